The summed E-state index contributed by atoms with van der Waals surface area (Å²) in [5.74, 6) is 1.31. The van der Waals surface area contributed by atoms with Crippen LogP contribution < -0.4 is 15.4 Å². The second-order valence-corrected chi connectivity index (χ2v) is 5.57. The summed E-state index contributed by atoms with van der Waals surface area (Å²) in [5, 5.41) is 13.2. The van der Waals surface area contributed by atoms with Crippen molar-refractivity contribution in [3.63, 3.8) is 0 Å². The molecule has 0 unspecified atom stereocenters. The van der Waals surface area contributed by atoms with Crippen LogP contribution in [0.5, 0.6) is 5.75 Å². The number of H-pyrrole nitrogens is 1. The molecule has 1 aliphatic rings. The van der Waals surface area contributed by atoms with Crippen LogP contribution in [0.4, 0.5) is 11.5 Å². The van der Waals surface area contributed by atoms with E-state index in [-0.39, 0.29) is 5.91 Å². The zero-order valence-corrected chi connectivity index (χ0v) is 13.5. The van der Waals surface area contributed by atoms with Gasteiger partial charge in [-0.2, -0.15) is 5.10 Å². The summed E-state index contributed by atoms with van der Waals surface area (Å²) >= 11 is 0. The number of aromatic nitrogens is 2. The van der Waals surface area contributed by atoms with Crippen molar-refractivity contribution in [2.75, 3.05) is 17.7 Å². The molecule has 0 aliphatic carbocycles. The number of methoxy groups -OCH3 is 1. The van der Waals surface area contributed by atoms with Crippen molar-refractivity contribution in [3.05, 3.63) is 66.4 Å². The molecule has 25 heavy (non-hydrogen) atoms. The number of para-hydroxylation sites is 2. The fourth-order valence-corrected chi connectivity index (χ4v) is 2.82. The van der Waals surface area contributed by atoms with Gasteiger partial charge in [-0.25, -0.2) is 0 Å². The van der Waals surface area contributed by atoms with Crippen molar-refractivity contribution in [1.82, 2.24) is 10.2 Å². The molecule has 0 spiro atoms. The zero-order valence-electron chi connectivity index (χ0n) is 13.5. The molecule has 1 aromatic heterocycles. The molecule has 0 atom stereocenters. The van der Waals surface area contributed by atoms with E-state index in [0.29, 0.717) is 11.4 Å². The Morgan fingerprint density at radius 2 is 1.84 bits per heavy atom. The fraction of sp³-hybridized carbons (Fsp3) is 0.0526. The van der Waals surface area contributed by atoms with Gasteiger partial charge >= 0.3 is 0 Å². The number of carbonyl (C=O) groups excluding carboxylic acids is 1. The third kappa shape index (κ3) is 2.74. The van der Waals surface area contributed by atoms with Gasteiger partial charge in [0.05, 0.1) is 18.4 Å². The molecule has 0 saturated heterocycles. The number of hydrogen-bond acceptors (Lipinski definition) is 4. The molecule has 1 aliphatic heterocycles. The van der Waals surface area contributed by atoms with Gasteiger partial charge in [0.15, 0.2) is 0 Å². The highest BCUT2D eigenvalue weighted by Crippen LogP contribution is 2.32. The van der Waals surface area contributed by atoms with Crippen LogP contribution in [0.2, 0.25) is 0 Å². The second kappa shape index (κ2) is 6.16. The number of carbonyl (C=O) groups is 1. The maximum Gasteiger partial charge on any atom is 0.257 e. The van der Waals surface area contributed by atoms with Crippen molar-refractivity contribution < 1.29 is 9.53 Å². The van der Waals surface area contributed by atoms with Crippen LogP contribution in [0.15, 0.2) is 60.8 Å². The predicted molar refractivity (Wildman–Crippen MR) is 97.2 cm³/mol. The highest BCUT2D eigenvalue weighted by Gasteiger charge is 2.23. The molecule has 3 N–H and O–H groups in total. The lowest BCUT2D eigenvalue weighted by atomic mass is 10.1. The molecule has 0 fully saturated rings. The average Bonchev–Trinajstić information content (AvgIpc) is 3.23. The quantitative estimate of drug-likeness (QED) is 0.639. The third-order valence-electron chi connectivity index (χ3n) is 4.04. The van der Waals surface area contributed by atoms with Crippen LogP contribution in [0.1, 0.15) is 5.56 Å². The van der Waals surface area contributed by atoms with Gasteiger partial charge in [0.1, 0.15) is 11.6 Å². The van der Waals surface area contributed by atoms with Gasteiger partial charge in [-0.15, -0.1) is 0 Å². The van der Waals surface area contributed by atoms with Crippen LogP contribution in [-0.4, -0.2) is 23.2 Å². The van der Waals surface area contributed by atoms with E-state index >= 15 is 0 Å². The van der Waals surface area contributed by atoms with E-state index in [1.165, 1.54) is 0 Å². The maximum absolute atomic E-state index is 12.1. The molecule has 2 heterocycles. The number of aromatic amines is 1. The van der Waals surface area contributed by atoms with Crippen LogP contribution in [0.25, 0.3) is 16.8 Å². The number of ether oxygens (including phenoxy) is 1. The van der Waals surface area contributed by atoms with Crippen LogP contribution in [-0.2, 0) is 4.79 Å². The van der Waals surface area contributed by atoms with E-state index in [9.17, 15) is 4.79 Å². The summed E-state index contributed by atoms with van der Waals surface area (Å²) in [7, 11) is 1.63. The summed E-state index contributed by atoms with van der Waals surface area (Å²) < 4.78 is 5.36. The maximum atomic E-state index is 12.1. The lowest BCUT2D eigenvalue weighted by molar-refractivity contribution is -0.110. The monoisotopic (exact) mass is 332 g/mol. The van der Waals surface area contributed by atoms with Gasteiger partial charge < -0.3 is 15.4 Å². The van der Waals surface area contributed by atoms with Crippen LogP contribution in [0.3, 0.4) is 0 Å². The van der Waals surface area contributed by atoms with E-state index in [1.54, 1.807) is 13.3 Å². The van der Waals surface area contributed by atoms with Crippen molar-refractivity contribution in [1.29, 1.82) is 0 Å². The van der Waals surface area contributed by atoms with Gasteiger partial charge in [-0.1, -0.05) is 30.3 Å². The highest BCUT2D eigenvalue weighted by atomic mass is 16.5. The van der Waals surface area contributed by atoms with Gasteiger partial charge in [0.2, 0.25) is 0 Å². The number of benzene rings is 2. The Hall–Kier alpha value is -3.54. The number of nitrogens with one attached hydrogen (secondary N) is 3. The summed E-state index contributed by atoms with van der Waals surface area (Å²) in [4.78, 5) is 12.1. The first-order valence-electron chi connectivity index (χ1n) is 7.82. The van der Waals surface area contributed by atoms with E-state index in [4.69, 9.17) is 4.74 Å². The first-order chi connectivity index (χ1) is 12.3. The molecule has 1 amide bonds. The molecule has 3 aromatic rings. The Bertz CT molecular complexity index is 975. The van der Waals surface area contributed by atoms with E-state index < -0.39 is 0 Å². The zero-order chi connectivity index (χ0) is 17.2. The van der Waals surface area contributed by atoms with Crippen molar-refractivity contribution in [2.24, 2.45) is 0 Å². The Morgan fingerprint density at radius 3 is 2.68 bits per heavy atom. The summed E-state index contributed by atoms with van der Waals surface area (Å²) in [6.45, 7) is 0. The topological polar surface area (TPSA) is 79.0 Å². The van der Waals surface area contributed by atoms with Gasteiger partial charge in [0.25, 0.3) is 5.91 Å². The minimum atomic E-state index is -0.127. The molecular weight excluding hydrogens is 316 g/mol. The summed E-state index contributed by atoms with van der Waals surface area (Å²) in [5.41, 5.74) is 3.94. The molecule has 6 heteroatoms. The summed E-state index contributed by atoms with van der Waals surface area (Å²) in [6.07, 6.45) is 1.68. The second-order valence-electron chi connectivity index (χ2n) is 5.57. The third-order valence-corrected chi connectivity index (χ3v) is 4.04. The standard InChI is InChI=1S/C19H16N4O2/c1-25-17-9-5-3-7-13(17)16-10-18(23-22-16)20-11-14-12-6-2-4-8-15(12)21-19(14)24/h2-11H,1H3,(H,21,24)(H2,20,22,23). The molecular formula is C19H16N4O2. The first-order valence-corrected chi connectivity index (χ1v) is 7.82. The largest absolute Gasteiger partial charge is 0.496 e. The Labute approximate surface area is 144 Å². The fourth-order valence-electron chi connectivity index (χ4n) is 2.82. The number of anilines is 2. The number of amides is 1. The Morgan fingerprint density at radius 1 is 1.08 bits per heavy atom. The van der Waals surface area contributed by atoms with E-state index in [0.717, 1.165) is 28.3 Å². The number of fused-ring (bicyclic) bond motifs is 1. The lowest BCUT2D eigenvalue weighted by Crippen LogP contribution is -2.05. The van der Waals surface area contributed by atoms with Crippen molar-refractivity contribution in [2.45, 2.75) is 0 Å². The molecule has 124 valence electrons. The average molecular weight is 332 g/mol. The van der Waals surface area contributed by atoms with Crippen molar-refractivity contribution in [3.8, 4) is 17.0 Å². The first kappa shape index (κ1) is 15.0. The van der Waals surface area contributed by atoms with Gasteiger partial charge in [-0.05, 0) is 18.2 Å². The molecule has 6 nitrogen and oxygen atoms in total. The lowest BCUT2D eigenvalue weighted by Gasteiger charge is -2.04. The normalized spacial score (nSPS) is 14.3. The summed E-state index contributed by atoms with van der Waals surface area (Å²) in [6, 6.07) is 17.1. The minimum Gasteiger partial charge on any atom is -0.496 e. The highest BCUT2D eigenvalue weighted by molar-refractivity contribution is 6.31. The van der Waals surface area contributed by atoms with Gasteiger partial charge in [0, 0.05) is 29.1 Å². The van der Waals surface area contributed by atoms with Crippen LogP contribution >= 0.6 is 0 Å². The van der Waals surface area contributed by atoms with E-state index in [1.807, 2.05) is 54.6 Å². The van der Waals surface area contributed by atoms with Crippen LogP contribution in [0, 0.1) is 0 Å². The number of rotatable bonds is 4. The smallest absolute Gasteiger partial charge is 0.257 e. The molecule has 2 aromatic carbocycles. The SMILES string of the molecule is COc1ccccc1-c1cc(NC=C2C(=O)Nc3ccccc32)[nH]n1. The Kier molecular flexibility index (Phi) is 3.70. The van der Waals surface area contributed by atoms with Crippen molar-refractivity contribution >= 4 is 23.0 Å². The molecule has 0 radical (unpaired) electrons. The Balaban J connectivity index is 1.59. The number of nitrogens with zero attached hydrogens (tertiary/aromatic N) is 1. The van der Waals surface area contributed by atoms with Gasteiger partial charge in [-0.3, -0.25) is 9.89 Å². The molecule has 4 rings (SSSR count). The number of hydrogen-bond donors (Lipinski definition) is 3. The molecule has 0 bridgehead atoms. The minimum absolute atomic E-state index is 0.127. The predicted octanol–water partition coefficient (Wildman–Crippen LogP) is 3.49. The van der Waals surface area contributed by atoms with E-state index in [2.05, 4.69) is 20.8 Å². The molecule has 0 saturated carbocycles.